The molecule has 3 nitrogen and oxygen atoms in total. The molecule has 1 saturated carbocycles. The topological polar surface area (TPSA) is 52.5 Å². The maximum Gasteiger partial charge on any atom is 0.124 e. The van der Waals surface area contributed by atoms with Gasteiger partial charge in [-0.05, 0) is 31.2 Å². The summed E-state index contributed by atoms with van der Waals surface area (Å²) in [5, 5.41) is 22.3. The van der Waals surface area contributed by atoms with Crippen molar-refractivity contribution in [3.05, 3.63) is 23.8 Å². The van der Waals surface area contributed by atoms with Crippen LogP contribution in [-0.2, 0) is 0 Å². The molecule has 0 radical (unpaired) electrons. The summed E-state index contributed by atoms with van der Waals surface area (Å²) in [4.78, 5) is 0. The highest BCUT2D eigenvalue weighted by molar-refractivity contribution is 5.40. The fourth-order valence-electron chi connectivity index (χ4n) is 1.80. The first-order valence-electron chi connectivity index (χ1n) is 5.75. The van der Waals surface area contributed by atoms with Gasteiger partial charge >= 0.3 is 0 Å². The van der Waals surface area contributed by atoms with Crippen molar-refractivity contribution >= 4 is 0 Å². The summed E-state index contributed by atoms with van der Waals surface area (Å²) in [6.45, 7) is 5.27. The second-order valence-corrected chi connectivity index (χ2v) is 5.16. The smallest absolute Gasteiger partial charge is 0.124 e. The third-order valence-corrected chi connectivity index (χ3v) is 3.42. The lowest BCUT2D eigenvalue weighted by Crippen LogP contribution is -2.25. The summed E-state index contributed by atoms with van der Waals surface area (Å²) in [6, 6.07) is 4.86. The summed E-state index contributed by atoms with van der Waals surface area (Å²) in [5.41, 5.74) is 1.29. The van der Waals surface area contributed by atoms with Crippen LogP contribution in [0.2, 0.25) is 0 Å². The van der Waals surface area contributed by atoms with Crippen molar-refractivity contribution in [2.45, 2.75) is 32.7 Å². The number of nitrogens with one attached hydrogen (secondary N) is 1. The van der Waals surface area contributed by atoms with Crippen molar-refractivity contribution in [3.63, 3.8) is 0 Å². The number of phenolic OH excluding ortho intramolecular Hbond substituents is 2. The zero-order chi connectivity index (χ0) is 11.8. The number of hydrogen-bond acceptors (Lipinski definition) is 3. The Kier molecular flexibility index (Phi) is 2.80. The Morgan fingerprint density at radius 3 is 2.62 bits per heavy atom. The predicted octanol–water partition coefficient (Wildman–Crippen LogP) is 2.55. The summed E-state index contributed by atoms with van der Waals surface area (Å²) >= 11 is 0. The van der Waals surface area contributed by atoms with Crippen LogP contribution in [0.5, 0.6) is 11.5 Å². The quantitative estimate of drug-likeness (QED) is 0.732. The van der Waals surface area contributed by atoms with E-state index in [0.29, 0.717) is 5.41 Å². The van der Waals surface area contributed by atoms with E-state index in [-0.39, 0.29) is 17.5 Å². The lowest BCUT2D eigenvalue weighted by molar-refractivity contribution is 0.421. The van der Waals surface area contributed by atoms with Gasteiger partial charge < -0.3 is 15.5 Å². The molecule has 0 spiro atoms. The summed E-state index contributed by atoms with van der Waals surface area (Å²) in [7, 11) is 0. The predicted molar refractivity (Wildman–Crippen MR) is 63.5 cm³/mol. The molecule has 0 heterocycles. The van der Waals surface area contributed by atoms with E-state index in [2.05, 4.69) is 12.2 Å². The Morgan fingerprint density at radius 1 is 1.38 bits per heavy atom. The van der Waals surface area contributed by atoms with Gasteiger partial charge in [0.25, 0.3) is 0 Å². The van der Waals surface area contributed by atoms with Gasteiger partial charge in [0.2, 0.25) is 0 Å². The van der Waals surface area contributed by atoms with E-state index in [9.17, 15) is 10.2 Å². The Balaban J connectivity index is 1.99. The fraction of sp³-hybridized carbons (Fsp3) is 0.538. The first kappa shape index (κ1) is 11.3. The van der Waals surface area contributed by atoms with Gasteiger partial charge in [0, 0.05) is 24.2 Å². The van der Waals surface area contributed by atoms with Crippen LogP contribution in [0.4, 0.5) is 0 Å². The van der Waals surface area contributed by atoms with E-state index in [0.717, 1.165) is 12.1 Å². The van der Waals surface area contributed by atoms with E-state index in [4.69, 9.17) is 0 Å². The molecule has 1 atom stereocenters. The maximum absolute atomic E-state index is 9.71. The van der Waals surface area contributed by atoms with E-state index < -0.39 is 0 Å². The largest absolute Gasteiger partial charge is 0.508 e. The van der Waals surface area contributed by atoms with Gasteiger partial charge in [-0.15, -0.1) is 0 Å². The Labute approximate surface area is 96.1 Å². The van der Waals surface area contributed by atoms with E-state index in [1.165, 1.54) is 18.9 Å². The molecule has 1 aromatic carbocycles. The molecule has 0 saturated heterocycles. The summed E-state index contributed by atoms with van der Waals surface area (Å²) in [6.07, 6.45) is 2.57. The van der Waals surface area contributed by atoms with Gasteiger partial charge in [-0.25, -0.2) is 0 Å². The normalized spacial score (nSPS) is 19.4. The molecule has 1 aromatic rings. The fourth-order valence-corrected chi connectivity index (χ4v) is 1.80. The molecule has 1 aliphatic carbocycles. The Hall–Kier alpha value is -1.22. The molecule has 2 rings (SSSR count). The van der Waals surface area contributed by atoms with E-state index in [1.54, 1.807) is 12.1 Å². The van der Waals surface area contributed by atoms with Crippen molar-refractivity contribution in [2.24, 2.45) is 5.41 Å². The molecular weight excluding hydrogens is 202 g/mol. The zero-order valence-electron chi connectivity index (χ0n) is 9.83. The minimum atomic E-state index is 0.0996. The third kappa shape index (κ3) is 2.47. The van der Waals surface area contributed by atoms with Gasteiger partial charge in [-0.3, -0.25) is 0 Å². The molecule has 3 N–H and O–H groups in total. The molecule has 88 valence electrons. The van der Waals surface area contributed by atoms with Crippen LogP contribution in [0.3, 0.4) is 0 Å². The van der Waals surface area contributed by atoms with Crippen LogP contribution < -0.4 is 5.32 Å². The molecule has 1 fully saturated rings. The van der Waals surface area contributed by atoms with Gasteiger partial charge in [0.15, 0.2) is 0 Å². The van der Waals surface area contributed by atoms with Crippen LogP contribution in [0.1, 0.15) is 38.3 Å². The highest BCUT2D eigenvalue weighted by Gasteiger charge is 2.37. The molecular formula is C13H19NO2. The minimum Gasteiger partial charge on any atom is -0.508 e. The van der Waals surface area contributed by atoms with Crippen LogP contribution >= 0.6 is 0 Å². The van der Waals surface area contributed by atoms with Crippen LogP contribution in [-0.4, -0.2) is 16.8 Å². The average Bonchev–Trinajstić information content (AvgIpc) is 2.94. The molecule has 0 amide bonds. The Morgan fingerprint density at radius 2 is 2.06 bits per heavy atom. The Bertz CT molecular complexity index is 386. The van der Waals surface area contributed by atoms with E-state index >= 15 is 0 Å². The first-order chi connectivity index (χ1) is 7.50. The number of aromatic hydroxyl groups is 2. The summed E-state index contributed by atoms with van der Waals surface area (Å²) < 4.78 is 0. The lowest BCUT2D eigenvalue weighted by Gasteiger charge is -2.18. The monoisotopic (exact) mass is 221 g/mol. The second kappa shape index (κ2) is 3.98. The third-order valence-electron chi connectivity index (χ3n) is 3.42. The van der Waals surface area contributed by atoms with Crippen molar-refractivity contribution in [1.29, 1.82) is 0 Å². The number of rotatable bonds is 4. The summed E-state index contributed by atoms with van der Waals surface area (Å²) in [5.74, 6) is 0.253. The number of benzene rings is 1. The maximum atomic E-state index is 9.71. The molecule has 1 unspecified atom stereocenters. The van der Waals surface area contributed by atoms with Crippen molar-refractivity contribution in [2.75, 3.05) is 6.54 Å². The van der Waals surface area contributed by atoms with Gasteiger partial charge in [0.1, 0.15) is 11.5 Å². The average molecular weight is 221 g/mol. The highest BCUT2D eigenvalue weighted by Crippen LogP contribution is 2.44. The molecule has 0 aromatic heterocycles. The molecule has 0 bridgehead atoms. The second-order valence-electron chi connectivity index (χ2n) is 5.16. The van der Waals surface area contributed by atoms with Crippen LogP contribution in [0.15, 0.2) is 18.2 Å². The van der Waals surface area contributed by atoms with Crippen LogP contribution in [0, 0.1) is 5.41 Å². The minimum absolute atomic E-state index is 0.0996. The molecule has 1 aliphatic rings. The molecule has 3 heteroatoms. The highest BCUT2D eigenvalue weighted by atomic mass is 16.3. The van der Waals surface area contributed by atoms with Gasteiger partial charge in [-0.1, -0.05) is 13.0 Å². The SMILES string of the molecule is CC(NCC1(C)CC1)c1ccc(O)cc1O. The number of hydrogen-bond donors (Lipinski definition) is 3. The van der Waals surface area contributed by atoms with Crippen molar-refractivity contribution in [3.8, 4) is 11.5 Å². The van der Waals surface area contributed by atoms with E-state index in [1.807, 2.05) is 6.92 Å². The van der Waals surface area contributed by atoms with Gasteiger partial charge in [0.05, 0.1) is 0 Å². The number of phenols is 2. The molecule has 0 aliphatic heterocycles. The zero-order valence-corrected chi connectivity index (χ0v) is 9.83. The van der Waals surface area contributed by atoms with Crippen LogP contribution in [0.25, 0.3) is 0 Å². The first-order valence-corrected chi connectivity index (χ1v) is 5.75. The van der Waals surface area contributed by atoms with Crippen molar-refractivity contribution < 1.29 is 10.2 Å². The van der Waals surface area contributed by atoms with Gasteiger partial charge in [-0.2, -0.15) is 0 Å². The standard InChI is InChI=1S/C13H19NO2/c1-9(14-8-13(2)5-6-13)11-4-3-10(15)7-12(11)16/h3-4,7,9,14-16H,5-6,8H2,1-2H3. The molecule has 16 heavy (non-hydrogen) atoms. The van der Waals surface area contributed by atoms with Crippen molar-refractivity contribution in [1.82, 2.24) is 5.32 Å². The lowest BCUT2D eigenvalue weighted by atomic mass is 10.1.